The first-order valence-electron chi connectivity index (χ1n) is 7.66. The molecule has 0 amide bonds. The van der Waals surface area contributed by atoms with Gasteiger partial charge in [-0.25, -0.2) is 4.39 Å². The predicted octanol–water partition coefficient (Wildman–Crippen LogP) is 4.43. The molecule has 0 atom stereocenters. The van der Waals surface area contributed by atoms with Gasteiger partial charge < -0.3 is 4.98 Å². The van der Waals surface area contributed by atoms with E-state index in [1.165, 1.54) is 31.2 Å². The molecule has 3 rings (SSSR count). The lowest BCUT2D eigenvalue weighted by atomic mass is 9.98. The lowest BCUT2D eigenvalue weighted by Gasteiger charge is -2.05. The quantitative estimate of drug-likeness (QED) is 0.425. The van der Waals surface area contributed by atoms with E-state index in [4.69, 9.17) is 0 Å². The number of aromatic amines is 1. The van der Waals surface area contributed by atoms with E-state index < -0.39 is 4.92 Å². The average Bonchev–Trinajstić information content (AvgIpc) is 2.96. The van der Waals surface area contributed by atoms with Crippen LogP contribution < -0.4 is 0 Å². The van der Waals surface area contributed by atoms with E-state index in [1.54, 1.807) is 30.5 Å². The summed E-state index contributed by atoms with van der Waals surface area (Å²) in [4.78, 5) is 25.7. The summed E-state index contributed by atoms with van der Waals surface area (Å²) in [6.45, 7) is 1.41. The summed E-state index contributed by atoms with van der Waals surface area (Å²) in [5.74, 6) is -0.552. The van der Waals surface area contributed by atoms with Crippen molar-refractivity contribution in [2.75, 3.05) is 0 Å². The van der Waals surface area contributed by atoms with Crippen LogP contribution in [0.4, 0.5) is 10.1 Å². The average molecular weight is 338 g/mol. The van der Waals surface area contributed by atoms with Crippen LogP contribution in [0.25, 0.3) is 17.0 Å². The van der Waals surface area contributed by atoms with Gasteiger partial charge in [0.25, 0.3) is 5.69 Å². The van der Waals surface area contributed by atoms with Crippen molar-refractivity contribution < 1.29 is 14.1 Å². The molecule has 0 saturated carbocycles. The summed E-state index contributed by atoms with van der Waals surface area (Å²) in [6.07, 6.45) is 3.50. The molecule has 6 heteroatoms. The number of nitro groups is 1. The third kappa shape index (κ3) is 3.47. The monoisotopic (exact) mass is 338 g/mol. The maximum absolute atomic E-state index is 13.5. The lowest BCUT2D eigenvalue weighted by molar-refractivity contribution is -0.385. The van der Waals surface area contributed by atoms with Crippen LogP contribution in [0.2, 0.25) is 0 Å². The molecule has 0 spiro atoms. The third-order valence-corrected chi connectivity index (χ3v) is 4.03. The Balaban J connectivity index is 2.04. The standard InChI is InChI=1S/C19H15FN2O3/c1-12(23)14(8-13-4-2-3-5-19(13)22(24)25)9-15-11-21-18-7-6-16(20)10-17(15)18/h2-8,10-11,21H,9H2,1H3/b14-8+. The highest BCUT2D eigenvalue weighted by Crippen LogP contribution is 2.25. The number of para-hydroxylation sites is 1. The van der Waals surface area contributed by atoms with Gasteiger partial charge in [0, 0.05) is 35.2 Å². The van der Waals surface area contributed by atoms with E-state index in [2.05, 4.69) is 4.98 Å². The highest BCUT2D eigenvalue weighted by molar-refractivity contribution is 5.99. The molecule has 25 heavy (non-hydrogen) atoms. The molecule has 5 nitrogen and oxygen atoms in total. The molecule has 0 radical (unpaired) electrons. The number of rotatable bonds is 5. The Hall–Kier alpha value is -3.28. The Morgan fingerprint density at radius 3 is 2.76 bits per heavy atom. The van der Waals surface area contributed by atoms with Crippen molar-refractivity contribution in [2.45, 2.75) is 13.3 Å². The zero-order valence-corrected chi connectivity index (χ0v) is 13.5. The number of Topliss-reactive ketones (excluding diaryl/α,β-unsaturated/α-hetero) is 1. The first-order chi connectivity index (χ1) is 12.0. The van der Waals surface area contributed by atoms with Gasteiger partial charge in [-0.3, -0.25) is 14.9 Å². The first kappa shape index (κ1) is 16.6. The highest BCUT2D eigenvalue weighted by Gasteiger charge is 2.15. The van der Waals surface area contributed by atoms with Gasteiger partial charge in [-0.1, -0.05) is 12.1 Å². The smallest absolute Gasteiger partial charge is 0.276 e. The molecule has 1 aromatic heterocycles. The van der Waals surface area contributed by atoms with E-state index in [1.807, 2.05) is 0 Å². The number of carbonyl (C=O) groups is 1. The van der Waals surface area contributed by atoms with Crippen molar-refractivity contribution in [3.63, 3.8) is 0 Å². The number of hydrogen-bond donors (Lipinski definition) is 1. The van der Waals surface area contributed by atoms with E-state index in [-0.39, 0.29) is 23.7 Å². The topological polar surface area (TPSA) is 76.0 Å². The van der Waals surface area contributed by atoms with Crippen LogP contribution in [0.1, 0.15) is 18.1 Å². The molecule has 1 N–H and O–H groups in total. The maximum Gasteiger partial charge on any atom is 0.276 e. The van der Waals surface area contributed by atoms with Crippen LogP contribution in [-0.2, 0) is 11.2 Å². The molecular weight excluding hydrogens is 323 g/mol. The Kier molecular flexibility index (Phi) is 4.43. The largest absolute Gasteiger partial charge is 0.361 e. The number of hydrogen-bond acceptors (Lipinski definition) is 3. The first-order valence-corrected chi connectivity index (χ1v) is 7.66. The summed E-state index contributed by atoms with van der Waals surface area (Å²) in [7, 11) is 0. The van der Waals surface area contributed by atoms with Crippen LogP contribution in [0.15, 0.2) is 54.2 Å². The summed E-state index contributed by atoms with van der Waals surface area (Å²) in [5.41, 5.74) is 2.24. The van der Waals surface area contributed by atoms with E-state index in [0.29, 0.717) is 16.5 Å². The second kappa shape index (κ2) is 6.68. The van der Waals surface area contributed by atoms with E-state index >= 15 is 0 Å². The SMILES string of the molecule is CC(=O)/C(=C/c1ccccc1[N+](=O)[O-])Cc1c[nH]c2ccc(F)cc12. The van der Waals surface area contributed by atoms with Crippen LogP contribution in [0.3, 0.4) is 0 Å². The number of ketones is 1. The number of nitrogens with zero attached hydrogens (tertiary/aromatic N) is 1. The summed E-state index contributed by atoms with van der Waals surface area (Å²) in [5, 5.41) is 11.8. The fraction of sp³-hybridized carbons (Fsp3) is 0.105. The summed E-state index contributed by atoms with van der Waals surface area (Å²) < 4.78 is 13.5. The molecule has 1 heterocycles. The van der Waals surface area contributed by atoms with Crippen molar-refractivity contribution in [1.29, 1.82) is 0 Å². The van der Waals surface area contributed by atoms with Crippen LogP contribution in [-0.4, -0.2) is 15.7 Å². The second-order valence-corrected chi connectivity index (χ2v) is 5.72. The number of aromatic nitrogens is 1. The second-order valence-electron chi connectivity index (χ2n) is 5.72. The Morgan fingerprint density at radius 2 is 2.04 bits per heavy atom. The molecule has 0 saturated heterocycles. The predicted molar refractivity (Wildman–Crippen MR) is 93.7 cm³/mol. The fourth-order valence-corrected chi connectivity index (χ4v) is 2.74. The zero-order chi connectivity index (χ0) is 18.0. The molecule has 3 aromatic rings. The Morgan fingerprint density at radius 1 is 1.28 bits per heavy atom. The molecular formula is C19H15FN2O3. The van der Waals surface area contributed by atoms with E-state index in [9.17, 15) is 19.3 Å². The fourth-order valence-electron chi connectivity index (χ4n) is 2.74. The van der Waals surface area contributed by atoms with E-state index in [0.717, 1.165) is 11.1 Å². The Bertz CT molecular complexity index is 1000. The molecule has 0 bridgehead atoms. The Labute approximate surface area is 142 Å². The molecule has 0 aliphatic carbocycles. The number of nitrogens with one attached hydrogen (secondary N) is 1. The minimum absolute atomic E-state index is 0.0637. The lowest BCUT2D eigenvalue weighted by Crippen LogP contribution is -2.01. The van der Waals surface area contributed by atoms with Crippen LogP contribution in [0.5, 0.6) is 0 Å². The highest BCUT2D eigenvalue weighted by atomic mass is 19.1. The van der Waals surface area contributed by atoms with Crippen molar-refractivity contribution in [2.24, 2.45) is 0 Å². The van der Waals surface area contributed by atoms with Gasteiger partial charge in [0.1, 0.15) is 5.82 Å². The number of fused-ring (bicyclic) bond motifs is 1. The molecule has 126 valence electrons. The van der Waals surface area contributed by atoms with Crippen LogP contribution in [0, 0.1) is 15.9 Å². The van der Waals surface area contributed by atoms with Gasteiger partial charge in [0.05, 0.1) is 10.5 Å². The van der Waals surface area contributed by atoms with Gasteiger partial charge in [0.2, 0.25) is 0 Å². The van der Waals surface area contributed by atoms with Gasteiger partial charge >= 0.3 is 0 Å². The number of H-pyrrole nitrogens is 1. The van der Waals surface area contributed by atoms with Gasteiger partial charge in [-0.15, -0.1) is 0 Å². The van der Waals surface area contributed by atoms with Gasteiger partial charge in [-0.2, -0.15) is 0 Å². The molecule has 0 aliphatic heterocycles. The zero-order valence-electron chi connectivity index (χ0n) is 13.5. The van der Waals surface area contributed by atoms with Crippen LogP contribution >= 0.6 is 0 Å². The van der Waals surface area contributed by atoms with Crippen molar-refractivity contribution in [1.82, 2.24) is 4.98 Å². The van der Waals surface area contributed by atoms with Crippen molar-refractivity contribution in [3.8, 4) is 0 Å². The normalized spacial score (nSPS) is 11.7. The molecule has 0 aliphatic rings. The van der Waals surface area contributed by atoms with Crippen molar-refractivity contribution in [3.05, 3.63) is 81.3 Å². The summed E-state index contributed by atoms with van der Waals surface area (Å²) >= 11 is 0. The molecule has 2 aromatic carbocycles. The number of carbonyl (C=O) groups excluding carboxylic acids is 1. The number of nitro benzene ring substituents is 1. The minimum Gasteiger partial charge on any atom is -0.361 e. The maximum atomic E-state index is 13.5. The van der Waals surface area contributed by atoms with Gasteiger partial charge in [0.15, 0.2) is 5.78 Å². The summed E-state index contributed by atoms with van der Waals surface area (Å²) in [6, 6.07) is 10.6. The van der Waals surface area contributed by atoms with Crippen molar-refractivity contribution >= 4 is 28.4 Å². The number of benzene rings is 2. The molecule has 0 unspecified atom stereocenters. The van der Waals surface area contributed by atoms with Gasteiger partial charge in [-0.05, 0) is 42.8 Å². The number of allylic oxidation sites excluding steroid dienone is 1. The molecule has 0 fully saturated rings. The number of halogens is 1. The third-order valence-electron chi connectivity index (χ3n) is 4.03. The minimum atomic E-state index is -0.481.